The Hall–Kier alpha value is -1.31. The van der Waals surface area contributed by atoms with Crippen molar-refractivity contribution < 1.29 is 13.2 Å². The van der Waals surface area contributed by atoms with Gasteiger partial charge in [-0.2, -0.15) is 0 Å². The van der Waals surface area contributed by atoms with E-state index in [4.69, 9.17) is 34.8 Å². The number of aryl methyl sites for hydroxylation is 1. The predicted molar refractivity (Wildman–Crippen MR) is 118 cm³/mol. The normalized spacial score (nSPS) is 17.9. The van der Waals surface area contributed by atoms with E-state index in [1.807, 2.05) is 13.0 Å². The summed E-state index contributed by atoms with van der Waals surface area (Å²) in [6.07, 6.45) is 1.24. The number of amides is 1. The molecule has 156 valence electrons. The first kappa shape index (κ1) is 22.4. The maximum absolute atomic E-state index is 12.9. The maximum Gasteiger partial charge on any atom is 0.228 e. The van der Waals surface area contributed by atoms with Crippen molar-refractivity contribution in [3.8, 4) is 0 Å². The van der Waals surface area contributed by atoms with Crippen LogP contribution in [0.15, 0.2) is 36.4 Å². The van der Waals surface area contributed by atoms with Crippen LogP contribution in [0.3, 0.4) is 0 Å². The fourth-order valence-electron chi connectivity index (χ4n) is 3.30. The number of rotatable bonds is 5. The third kappa shape index (κ3) is 5.64. The van der Waals surface area contributed by atoms with Crippen molar-refractivity contribution in [2.75, 3.05) is 18.4 Å². The monoisotopic (exact) mass is 474 g/mol. The molecular weight excluding hydrogens is 455 g/mol. The lowest BCUT2D eigenvalue weighted by molar-refractivity contribution is -0.120. The molecule has 0 aromatic heterocycles. The fraction of sp³-hybridized carbons (Fsp3) is 0.350. The number of sulfonamides is 1. The Morgan fingerprint density at radius 1 is 1.14 bits per heavy atom. The highest BCUT2D eigenvalue weighted by Crippen LogP contribution is 2.27. The number of benzene rings is 2. The number of carbonyl (C=O) groups is 1. The summed E-state index contributed by atoms with van der Waals surface area (Å²) < 4.78 is 27.2. The van der Waals surface area contributed by atoms with Crippen LogP contribution in [0.2, 0.25) is 15.1 Å². The summed E-state index contributed by atoms with van der Waals surface area (Å²) in [6, 6.07) is 10.0. The second-order valence-corrected chi connectivity index (χ2v) is 10.4. The van der Waals surface area contributed by atoms with Gasteiger partial charge in [-0.1, -0.05) is 46.9 Å². The lowest BCUT2D eigenvalue weighted by Gasteiger charge is -2.31. The number of halogens is 3. The van der Waals surface area contributed by atoms with Gasteiger partial charge in [-0.3, -0.25) is 4.79 Å². The first-order valence-electron chi connectivity index (χ1n) is 9.14. The van der Waals surface area contributed by atoms with E-state index in [2.05, 4.69) is 5.32 Å². The highest BCUT2D eigenvalue weighted by molar-refractivity contribution is 7.88. The Morgan fingerprint density at radius 3 is 2.55 bits per heavy atom. The van der Waals surface area contributed by atoms with Crippen molar-refractivity contribution in [1.29, 1.82) is 0 Å². The number of nitrogens with one attached hydrogen (secondary N) is 1. The van der Waals surface area contributed by atoms with E-state index in [0.717, 1.165) is 5.56 Å². The van der Waals surface area contributed by atoms with Crippen molar-refractivity contribution in [2.45, 2.75) is 25.5 Å². The largest absolute Gasteiger partial charge is 0.326 e. The highest BCUT2D eigenvalue weighted by atomic mass is 35.5. The minimum atomic E-state index is -3.62. The predicted octanol–water partition coefficient (Wildman–Crippen LogP) is 5.14. The molecule has 0 radical (unpaired) electrons. The molecular formula is C20H21Cl3N2O3S. The zero-order chi connectivity index (χ0) is 21.2. The van der Waals surface area contributed by atoms with E-state index >= 15 is 0 Å². The summed E-state index contributed by atoms with van der Waals surface area (Å²) in [5.74, 6) is -0.873. The topological polar surface area (TPSA) is 66.5 Å². The molecule has 0 aliphatic carbocycles. The van der Waals surface area contributed by atoms with Crippen molar-refractivity contribution in [2.24, 2.45) is 5.92 Å². The van der Waals surface area contributed by atoms with Gasteiger partial charge in [0.1, 0.15) is 0 Å². The summed E-state index contributed by atoms with van der Waals surface area (Å²) in [5.41, 5.74) is 2.01. The SMILES string of the molecule is Cc1ccc(Cl)cc1NC(=O)C1CCCN(S(=O)(=O)Cc2ccc(Cl)cc2Cl)C1. The third-order valence-electron chi connectivity index (χ3n) is 4.96. The standard InChI is InChI=1S/C20H21Cl3N2O3S/c1-13-4-6-17(22)10-19(13)24-20(26)14-3-2-8-25(11-14)29(27,28)12-15-5-7-16(21)9-18(15)23/h4-7,9-10,14H,2-3,8,11-12H2,1H3,(H,24,26). The highest BCUT2D eigenvalue weighted by Gasteiger charge is 2.33. The van der Waals surface area contributed by atoms with Gasteiger partial charge in [-0.05, 0) is 55.2 Å². The maximum atomic E-state index is 12.9. The van der Waals surface area contributed by atoms with Crippen LogP contribution in [0.5, 0.6) is 0 Å². The third-order valence-corrected chi connectivity index (χ3v) is 7.58. The van der Waals surface area contributed by atoms with Crippen LogP contribution in [-0.2, 0) is 20.6 Å². The Balaban J connectivity index is 1.70. The second-order valence-electron chi connectivity index (χ2n) is 7.14. The smallest absolute Gasteiger partial charge is 0.228 e. The lowest BCUT2D eigenvalue weighted by Crippen LogP contribution is -2.44. The Labute approximate surface area is 186 Å². The molecule has 29 heavy (non-hydrogen) atoms. The van der Waals surface area contributed by atoms with Crippen molar-refractivity contribution in [3.63, 3.8) is 0 Å². The molecule has 1 amide bonds. The number of nitrogens with zero attached hydrogens (tertiary/aromatic N) is 1. The number of hydrogen-bond donors (Lipinski definition) is 1. The molecule has 1 atom stereocenters. The molecule has 0 bridgehead atoms. The average molecular weight is 476 g/mol. The Kier molecular flexibility index (Phi) is 7.12. The number of hydrogen-bond acceptors (Lipinski definition) is 3. The van der Waals surface area contributed by atoms with E-state index in [-0.39, 0.29) is 18.2 Å². The van der Waals surface area contributed by atoms with E-state index in [0.29, 0.717) is 45.7 Å². The fourth-order valence-corrected chi connectivity index (χ4v) is 5.67. The molecule has 1 unspecified atom stereocenters. The van der Waals surface area contributed by atoms with Crippen LogP contribution in [-0.4, -0.2) is 31.7 Å². The first-order chi connectivity index (χ1) is 13.7. The van der Waals surface area contributed by atoms with Crippen molar-refractivity contribution in [1.82, 2.24) is 4.31 Å². The summed E-state index contributed by atoms with van der Waals surface area (Å²) in [4.78, 5) is 12.7. The van der Waals surface area contributed by atoms with E-state index in [9.17, 15) is 13.2 Å². The lowest BCUT2D eigenvalue weighted by atomic mass is 9.98. The summed E-state index contributed by atoms with van der Waals surface area (Å²) in [6.45, 7) is 2.39. The van der Waals surface area contributed by atoms with E-state index in [1.54, 1.807) is 24.3 Å². The van der Waals surface area contributed by atoms with Gasteiger partial charge in [0.25, 0.3) is 0 Å². The van der Waals surface area contributed by atoms with Gasteiger partial charge in [0.05, 0.1) is 11.7 Å². The Morgan fingerprint density at radius 2 is 1.83 bits per heavy atom. The van der Waals surface area contributed by atoms with Gasteiger partial charge in [0, 0.05) is 33.8 Å². The van der Waals surface area contributed by atoms with Crippen LogP contribution >= 0.6 is 34.8 Å². The second kappa shape index (κ2) is 9.23. The molecule has 2 aromatic rings. The summed E-state index contributed by atoms with van der Waals surface area (Å²) in [7, 11) is -3.62. The van der Waals surface area contributed by atoms with Gasteiger partial charge < -0.3 is 5.32 Å². The summed E-state index contributed by atoms with van der Waals surface area (Å²) >= 11 is 18.0. The van der Waals surface area contributed by atoms with E-state index in [1.165, 1.54) is 10.4 Å². The van der Waals surface area contributed by atoms with Gasteiger partial charge in [-0.25, -0.2) is 12.7 Å². The van der Waals surface area contributed by atoms with Crippen molar-refractivity contribution >= 4 is 56.4 Å². The van der Waals surface area contributed by atoms with Gasteiger partial charge >= 0.3 is 0 Å². The van der Waals surface area contributed by atoms with Crippen LogP contribution in [0, 0.1) is 12.8 Å². The molecule has 1 heterocycles. The molecule has 9 heteroatoms. The van der Waals surface area contributed by atoms with Gasteiger partial charge in [0.15, 0.2) is 0 Å². The zero-order valence-corrected chi connectivity index (χ0v) is 18.9. The van der Waals surface area contributed by atoms with Crippen molar-refractivity contribution in [3.05, 3.63) is 62.6 Å². The number of piperidine rings is 1. The van der Waals surface area contributed by atoms with E-state index < -0.39 is 15.9 Å². The van der Waals surface area contributed by atoms with Gasteiger partial charge in [0.2, 0.25) is 15.9 Å². The van der Waals surface area contributed by atoms with Crippen LogP contribution < -0.4 is 5.32 Å². The number of carbonyl (C=O) groups excluding carboxylic acids is 1. The molecule has 3 rings (SSSR count). The van der Waals surface area contributed by atoms with Crippen LogP contribution in [0.25, 0.3) is 0 Å². The Bertz CT molecular complexity index is 1030. The molecule has 1 N–H and O–H groups in total. The molecule has 1 aliphatic rings. The number of anilines is 1. The molecule has 1 saturated heterocycles. The van der Waals surface area contributed by atoms with Crippen LogP contribution in [0.1, 0.15) is 24.0 Å². The van der Waals surface area contributed by atoms with Gasteiger partial charge in [-0.15, -0.1) is 0 Å². The minimum absolute atomic E-state index is 0.138. The quantitative estimate of drug-likeness (QED) is 0.651. The minimum Gasteiger partial charge on any atom is -0.326 e. The molecule has 0 spiro atoms. The molecule has 1 fully saturated rings. The van der Waals surface area contributed by atoms with Crippen LogP contribution in [0.4, 0.5) is 5.69 Å². The molecule has 2 aromatic carbocycles. The first-order valence-corrected chi connectivity index (χ1v) is 11.9. The average Bonchev–Trinajstić information content (AvgIpc) is 2.67. The molecule has 1 aliphatic heterocycles. The zero-order valence-electron chi connectivity index (χ0n) is 15.8. The molecule has 0 saturated carbocycles. The molecule has 5 nitrogen and oxygen atoms in total. The summed E-state index contributed by atoms with van der Waals surface area (Å²) in [5, 5.41) is 4.16.